The molecule has 0 amide bonds. The quantitative estimate of drug-likeness (QED) is 0.441. The van der Waals surface area contributed by atoms with Crippen LogP contribution in [0.1, 0.15) is 93.4 Å². The Morgan fingerprint density at radius 3 is 2.34 bits per heavy atom. The molecule has 0 bridgehead atoms. The predicted octanol–water partition coefficient (Wildman–Crippen LogP) is 5.49. The third kappa shape index (κ3) is 4.23. The van der Waals surface area contributed by atoms with Gasteiger partial charge in [0.1, 0.15) is 0 Å². The molecule has 0 saturated heterocycles. The molecule has 0 aromatic heterocycles. The molecule has 3 N–H and O–H groups in total. The van der Waals surface area contributed by atoms with Crippen LogP contribution in [0, 0.1) is 57.7 Å². The van der Waals surface area contributed by atoms with Gasteiger partial charge < -0.3 is 15.3 Å². The molecule has 0 aromatic carbocycles. The maximum absolute atomic E-state index is 12.2. The highest BCUT2D eigenvalue weighted by atomic mass is 16.4. The lowest BCUT2D eigenvalue weighted by atomic mass is 9.53. The van der Waals surface area contributed by atoms with Gasteiger partial charge in [-0.15, -0.1) is 0 Å². The lowest BCUT2D eigenvalue weighted by Gasteiger charge is -2.53. The van der Waals surface area contributed by atoms with Gasteiger partial charge in [-0.25, -0.2) is 0 Å². The third-order valence-corrected chi connectivity index (χ3v) is 12.0. The number of ketones is 1. The fourth-order valence-electron chi connectivity index (χ4n) is 9.32. The van der Waals surface area contributed by atoms with Gasteiger partial charge in [0, 0.05) is 11.8 Å². The molecule has 0 unspecified atom stereocenters. The highest BCUT2D eigenvalue weighted by molar-refractivity contribution is 5.91. The number of carbonyl (C=O) groups excluding carboxylic acids is 1. The van der Waals surface area contributed by atoms with Gasteiger partial charge >= 0.3 is 5.97 Å². The molecule has 3 saturated carbocycles. The number of carboxylic acid groups (broad SMARTS) is 1. The van der Waals surface area contributed by atoms with Crippen molar-refractivity contribution < 1.29 is 24.9 Å². The number of aliphatic hydroxyl groups excluding tert-OH is 2. The molecule has 0 radical (unpaired) electrons. The fraction of sp³-hybridized carbons (Fsp3) is 0.867. The van der Waals surface area contributed by atoms with Gasteiger partial charge in [0.2, 0.25) is 0 Å². The van der Waals surface area contributed by atoms with Gasteiger partial charge in [-0.2, -0.15) is 0 Å². The second-order valence-corrected chi connectivity index (χ2v) is 13.9. The molecule has 0 spiro atoms. The van der Waals surface area contributed by atoms with Crippen LogP contribution in [0.2, 0.25) is 0 Å². The SMILES string of the molecule is CC(C)[C@@H](C)[C@@]1(C)C[C@@H]1[C@@H](C)[C@H]1CC[C@@H]([C@@H]2C[C@H](O)C3=CC(=O)CC[C@]3(C)[C@H]2O)[C@]1(C)CC(=O)O. The van der Waals surface area contributed by atoms with E-state index in [0.717, 1.165) is 12.8 Å². The molecule has 0 heterocycles. The van der Waals surface area contributed by atoms with Crippen molar-refractivity contribution in [3.05, 3.63) is 11.6 Å². The van der Waals surface area contributed by atoms with E-state index in [1.165, 1.54) is 6.42 Å². The van der Waals surface area contributed by atoms with Crippen LogP contribution in [0.15, 0.2) is 11.6 Å². The summed E-state index contributed by atoms with van der Waals surface area (Å²) < 4.78 is 0. The van der Waals surface area contributed by atoms with Gasteiger partial charge in [0.05, 0.1) is 18.6 Å². The van der Waals surface area contributed by atoms with Crippen molar-refractivity contribution in [2.75, 3.05) is 0 Å². The summed E-state index contributed by atoms with van der Waals surface area (Å²) in [6.45, 7) is 15.9. The second-order valence-electron chi connectivity index (χ2n) is 13.9. The lowest BCUT2D eigenvalue weighted by molar-refractivity contribution is -0.145. The Kier molecular flexibility index (Phi) is 6.88. The molecule has 5 heteroatoms. The van der Waals surface area contributed by atoms with Crippen LogP contribution in [0.3, 0.4) is 0 Å². The number of fused-ring (bicyclic) bond motifs is 1. The Labute approximate surface area is 211 Å². The van der Waals surface area contributed by atoms with E-state index in [0.29, 0.717) is 53.9 Å². The minimum absolute atomic E-state index is 0.0238. The van der Waals surface area contributed by atoms with Crippen molar-refractivity contribution in [1.82, 2.24) is 0 Å². The first-order chi connectivity index (χ1) is 16.2. The zero-order chi connectivity index (χ0) is 26.1. The zero-order valence-corrected chi connectivity index (χ0v) is 22.9. The highest BCUT2D eigenvalue weighted by Gasteiger charge is 2.63. The van der Waals surface area contributed by atoms with Crippen molar-refractivity contribution in [3.63, 3.8) is 0 Å². The molecule has 3 fully saturated rings. The average molecular weight is 489 g/mol. The van der Waals surface area contributed by atoms with Crippen LogP contribution in [0.4, 0.5) is 0 Å². The van der Waals surface area contributed by atoms with E-state index in [9.17, 15) is 24.9 Å². The van der Waals surface area contributed by atoms with E-state index < -0.39 is 29.0 Å². The van der Waals surface area contributed by atoms with Gasteiger partial charge in [0.25, 0.3) is 0 Å². The van der Waals surface area contributed by atoms with Crippen LogP contribution in [-0.2, 0) is 9.59 Å². The van der Waals surface area contributed by atoms with E-state index in [4.69, 9.17) is 0 Å². The standard InChI is InChI=1S/C30H48O5/c1-16(2)18(4)29(6)14-24(29)17(3)21-8-9-22(30(21,7)15-26(33)34)20-13-25(32)23-12-19(31)10-11-28(23,5)27(20)35/h12,16-18,20-22,24-25,27,32,35H,8-11,13-15H2,1-7H3,(H,33,34)/t17-,18+,20-,21+,22-,24+,25-,27-,28-,29+,30+/m0/s1. The summed E-state index contributed by atoms with van der Waals surface area (Å²) in [6, 6.07) is 0. The molecule has 4 rings (SSSR count). The van der Waals surface area contributed by atoms with Crippen molar-refractivity contribution in [2.45, 2.75) is 106 Å². The van der Waals surface area contributed by atoms with Crippen LogP contribution < -0.4 is 0 Å². The molecule has 4 aliphatic carbocycles. The Bertz CT molecular complexity index is 893. The largest absolute Gasteiger partial charge is 0.481 e. The van der Waals surface area contributed by atoms with Gasteiger partial charge in [0.15, 0.2) is 5.78 Å². The molecule has 5 nitrogen and oxygen atoms in total. The second kappa shape index (κ2) is 8.97. The molecular weight excluding hydrogens is 440 g/mol. The van der Waals surface area contributed by atoms with Crippen LogP contribution in [0.5, 0.6) is 0 Å². The maximum atomic E-state index is 12.2. The molecule has 0 aromatic rings. The van der Waals surface area contributed by atoms with Gasteiger partial charge in [-0.1, -0.05) is 48.5 Å². The zero-order valence-electron chi connectivity index (χ0n) is 22.9. The molecule has 4 aliphatic rings. The van der Waals surface area contributed by atoms with E-state index in [1.807, 2.05) is 6.92 Å². The summed E-state index contributed by atoms with van der Waals surface area (Å²) >= 11 is 0. The number of aliphatic hydroxyl groups is 2. The Hall–Kier alpha value is -1.20. The molecule has 0 aliphatic heterocycles. The van der Waals surface area contributed by atoms with Crippen molar-refractivity contribution in [2.24, 2.45) is 57.7 Å². The number of carbonyl (C=O) groups is 2. The number of hydrogen-bond donors (Lipinski definition) is 3. The first-order valence-corrected chi connectivity index (χ1v) is 14.0. The fourth-order valence-corrected chi connectivity index (χ4v) is 9.32. The number of allylic oxidation sites excluding steroid dienone is 1. The minimum atomic E-state index is -0.772. The molecule has 198 valence electrons. The normalized spacial score (nSPS) is 47.3. The molecule has 11 atom stereocenters. The van der Waals surface area contributed by atoms with E-state index >= 15 is 0 Å². The first kappa shape index (κ1) is 26.9. The number of aliphatic carboxylic acids is 1. The smallest absolute Gasteiger partial charge is 0.303 e. The van der Waals surface area contributed by atoms with Crippen LogP contribution in [-0.4, -0.2) is 39.3 Å². The predicted molar refractivity (Wildman–Crippen MR) is 137 cm³/mol. The number of rotatable bonds is 7. The highest BCUT2D eigenvalue weighted by Crippen LogP contribution is 2.68. The summed E-state index contributed by atoms with van der Waals surface area (Å²) in [5, 5.41) is 32.8. The Balaban J connectivity index is 1.62. The molecular formula is C30H48O5. The summed E-state index contributed by atoms with van der Waals surface area (Å²) in [7, 11) is 0. The van der Waals surface area contributed by atoms with Gasteiger partial charge in [-0.3, -0.25) is 9.59 Å². The van der Waals surface area contributed by atoms with E-state index in [1.54, 1.807) is 6.08 Å². The molecule has 35 heavy (non-hydrogen) atoms. The summed E-state index contributed by atoms with van der Waals surface area (Å²) in [4.78, 5) is 24.3. The Morgan fingerprint density at radius 1 is 1.09 bits per heavy atom. The Morgan fingerprint density at radius 2 is 1.74 bits per heavy atom. The van der Waals surface area contributed by atoms with E-state index in [-0.39, 0.29) is 30.0 Å². The number of hydrogen-bond acceptors (Lipinski definition) is 4. The van der Waals surface area contributed by atoms with Crippen LogP contribution in [0.25, 0.3) is 0 Å². The monoisotopic (exact) mass is 488 g/mol. The minimum Gasteiger partial charge on any atom is -0.481 e. The van der Waals surface area contributed by atoms with Gasteiger partial charge in [-0.05, 0) is 96.0 Å². The van der Waals surface area contributed by atoms with Crippen molar-refractivity contribution in [3.8, 4) is 0 Å². The maximum Gasteiger partial charge on any atom is 0.303 e. The summed E-state index contributed by atoms with van der Waals surface area (Å²) in [6.07, 6.45) is 4.67. The summed E-state index contributed by atoms with van der Waals surface area (Å²) in [5.41, 5.74) is -0.0514. The average Bonchev–Trinajstić information content (AvgIpc) is 3.36. The topological polar surface area (TPSA) is 94.8 Å². The van der Waals surface area contributed by atoms with Crippen molar-refractivity contribution >= 4 is 11.8 Å². The first-order valence-electron chi connectivity index (χ1n) is 14.0. The van der Waals surface area contributed by atoms with Crippen molar-refractivity contribution in [1.29, 1.82) is 0 Å². The van der Waals surface area contributed by atoms with Crippen LogP contribution >= 0.6 is 0 Å². The van der Waals surface area contributed by atoms with E-state index in [2.05, 4.69) is 41.5 Å². The lowest BCUT2D eigenvalue weighted by Crippen LogP contribution is -2.54. The summed E-state index contributed by atoms with van der Waals surface area (Å²) in [5.74, 6) is 1.71. The third-order valence-electron chi connectivity index (χ3n) is 12.0. The number of carboxylic acids is 1.